The number of nitrogens with zero attached hydrogens (tertiary/aromatic N) is 1. The van der Waals surface area contributed by atoms with E-state index >= 15 is 0 Å². The lowest BCUT2D eigenvalue weighted by molar-refractivity contribution is 0.0986. The fraction of sp³-hybridized carbons (Fsp3) is 0.464. The molecule has 2 atom stereocenters. The summed E-state index contributed by atoms with van der Waals surface area (Å²) in [6.45, 7) is 9.24. The highest BCUT2D eigenvalue weighted by Gasteiger charge is 2.30. The molecule has 34 heavy (non-hydrogen) atoms. The van der Waals surface area contributed by atoms with Gasteiger partial charge in [0.05, 0.1) is 16.9 Å². The Morgan fingerprint density at radius 1 is 0.971 bits per heavy atom. The summed E-state index contributed by atoms with van der Waals surface area (Å²) in [7, 11) is 0. The van der Waals surface area contributed by atoms with Crippen molar-refractivity contribution in [2.45, 2.75) is 66.2 Å². The molecule has 1 aliphatic rings. The van der Waals surface area contributed by atoms with Gasteiger partial charge in [-0.1, -0.05) is 50.8 Å². The van der Waals surface area contributed by atoms with Crippen LogP contribution in [-0.4, -0.2) is 27.8 Å². The molecular formula is C28H38N2O4. The van der Waals surface area contributed by atoms with E-state index in [4.69, 9.17) is 0 Å². The molecule has 0 saturated carbocycles. The number of allylic oxidation sites excluding steroid dienone is 2. The van der Waals surface area contributed by atoms with Crippen molar-refractivity contribution < 1.29 is 20.1 Å². The Labute approximate surface area is 202 Å². The van der Waals surface area contributed by atoms with Crippen LogP contribution in [0.3, 0.4) is 0 Å². The number of carbonyl (C=O) groups excluding carboxylic acids is 1. The Hall–Kier alpha value is -3.15. The molecule has 184 valence electrons. The van der Waals surface area contributed by atoms with Gasteiger partial charge in [-0.05, 0) is 57.1 Å². The van der Waals surface area contributed by atoms with Crippen LogP contribution >= 0.6 is 0 Å². The van der Waals surface area contributed by atoms with Gasteiger partial charge in [-0.2, -0.15) is 0 Å². The zero-order valence-corrected chi connectivity index (χ0v) is 20.8. The molecule has 2 aromatic rings. The third-order valence-corrected chi connectivity index (χ3v) is 6.59. The predicted molar refractivity (Wildman–Crippen MR) is 138 cm³/mol. The summed E-state index contributed by atoms with van der Waals surface area (Å²) in [6, 6.07) is 7.47. The number of hydrogen-bond donors (Lipinski definition) is 4. The first-order chi connectivity index (χ1) is 16.2. The van der Waals surface area contributed by atoms with Crippen LogP contribution in [0.4, 0.5) is 17.1 Å². The molecular weight excluding hydrogens is 428 g/mol. The van der Waals surface area contributed by atoms with Gasteiger partial charge in [0, 0.05) is 18.7 Å². The molecule has 0 radical (unpaired) electrons. The van der Waals surface area contributed by atoms with E-state index < -0.39 is 0 Å². The predicted octanol–water partition coefficient (Wildman–Crippen LogP) is 7.09. The third kappa shape index (κ3) is 6.25. The van der Waals surface area contributed by atoms with Gasteiger partial charge < -0.3 is 25.5 Å². The number of rotatable bonds is 10. The molecule has 2 aromatic carbocycles. The number of aromatic hydroxyl groups is 3. The summed E-state index contributed by atoms with van der Waals surface area (Å²) in [4.78, 5) is 15.0. The highest BCUT2D eigenvalue weighted by Crippen LogP contribution is 2.45. The van der Waals surface area contributed by atoms with E-state index in [0.29, 0.717) is 35.3 Å². The van der Waals surface area contributed by atoms with Gasteiger partial charge in [-0.25, -0.2) is 0 Å². The molecule has 1 aliphatic heterocycles. The van der Waals surface area contributed by atoms with Gasteiger partial charge in [0.2, 0.25) is 0 Å². The molecule has 0 aromatic heterocycles. The molecule has 0 fully saturated rings. The highest BCUT2D eigenvalue weighted by atomic mass is 16.3. The molecule has 3 rings (SSSR count). The number of fused-ring (bicyclic) bond motifs is 2. The van der Waals surface area contributed by atoms with Crippen LogP contribution < -0.4 is 10.2 Å². The first-order valence-corrected chi connectivity index (χ1v) is 12.3. The van der Waals surface area contributed by atoms with Crippen LogP contribution in [0.15, 0.2) is 42.0 Å². The molecule has 0 spiro atoms. The van der Waals surface area contributed by atoms with E-state index in [1.54, 1.807) is 17.0 Å². The fourth-order valence-electron chi connectivity index (χ4n) is 4.50. The van der Waals surface area contributed by atoms with Gasteiger partial charge in [-0.3, -0.25) is 4.79 Å². The number of carbonyl (C=O) groups is 1. The fourth-order valence-corrected chi connectivity index (χ4v) is 4.50. The first-order valence-electron chi connectivity index (χ1n) is 12.3. The maximum absolute atomic E-state index is 13.4. The van der Waals surface area contributed by atoms with Crippen molar-refractivity contribution in [3.05, 3.63) is 47.5 Å². The second-order valence-corrected chi connectivity index (χ2v) is 9.93. The van der Waals surface area contributed by atoms with Gasteiger partial charge in [0.15, 0.2) is 0 Å². The van der Waals surface area contributed by atoms with E-state index in [2.05, 4.69) is 39.1 Å². The normalized spacial score (nSPS) is 14.5. The molecule has 1 amide bonds. The van der Waals surface area contributed by atoms with Crippen molar-refractivity contribution in [3.8, 4) is 17.2 Å². The standard InChI is InChI=1S/C28H38N2O4/c1-18(2)8-5-9-19(3)10-6-11-20(4)14-15-30-23-16-21(31)17-25(33)27(23)29-26-22(28(30)34)12-7-13-24(26)32/h7-8,12-13,16-17,19-20,29,31-33H,5-6,9-11,14-15H2,1-4H3. The van der Waals surface area contributed by atoms with E-state index in [-0.39, 0.29) is 28.8 Å². The summed E-state index contributed by atoms with van der Waals surface area (Å²) >= 11 is 0. The summed E-state index contributed by atoms with van der Waals surface area (Å²) in [5.41, 5.74) is 2.66. The third-order valence-electron chi connectivity index (χ3n) is 6.59. The van der Waals surface area contributed by atoms with Crippen molar-refractivity contribution in [2.75, 3.05) is 16.8 Å². The maximum atomic E-state index is 13.4. The molecule has 1 heterocycles. The van der Waals surface area contributed by atoms with Crippen molar-refractivity contribution in [3.63, 3.8) is 0 Å². The van der Waals surface area contributed by atoms with Crippen LogP contribution in [-0.2, 0) is 0 Å². The van der Waals surface area contributed by atoms with Crippen molar-refractivity contribution >= 4 is 23.0 Å². The minimum absolute atomic E-state index is 0.0711. The molecule has 6 nitrogen and oxygen atoms in total. The van der Waals surface area contributed by atoms with Crippen LogP contribution in [0.1, 0.15) is 76.6 Å². The van der Waals surface area contributed by atoms with Crippen molar-refractivity contribution in [1.82, 2.24) is 0 Å². The van der Waals surface area contributed by atoms with Crippen LogP contribution in [0.2, 0.25) is 0 Å². The van der Waals surface area contributed by atoms with E-state index in [1.165, 1.54) is 36.6 Å². The van der Waals surface area contributed by atoms with Crippen LogP contribution in [0.25, 0.3) is 0 Å². The zero-order chi connectivity index (χ0) is 24.8. The van der Waals surface area contributed by atoms with E-state index in [0.717, 1.165) is 25.7 Å². The second-order valence-electron chi connectivity index (χ2n) is 9.93. The Bertz CT molecular complexity index is 1040. The molecule has 2 unspecified atom stereocenters. The van der Waals surface area contributed by atoms with Gasteiger partial charge in [0.25, 0.3) is 5.91 Å². The number of benzene rings is 2. The SMILES string of the molecule is CC(C)=CCCC(C)CCCC(C)CCN1C(=O)c2cccc(O)c2Nc2c(O)cc(O)cc21. The Morgan fingerprint density at radius 3 is 2.38 bits per heavy atom. The smallest absolute Gasteiger partial charge is 0.260 e. The van der Waals surface area contributed by atoms with E-state index in [1.807, 2.05) is 0 Å². The first kappa shape index (κ1) is 25.5. The van der Waals surface area contributed by atoms with Gasteiger partial charge in [-0.15, -0.1) is 0 Å². The summed E-state index contributed by atoms with van der Waals surface area (Å²) in [5.74, 6) is 0.468. The molecule has 0 saturated heterocycles. The zero-order valence-electron chi connectivity index (χ0n) is 20.8. The van der Waals surface area contributed by atoms with E-state index in [9.17, 15) is 20.1 Å². The van der Waals surface area contributed by atoms with Crippen molar-refractivity contribution in [2.24, 2.45) is 11.8 Å². The Balaban J connectivity index is 1.68. The number of nitrogens with one attached hydrogen (secondary N) is 1. The molecule has 6 heteroatoms. The number of phenols is 3. The van der Waals surface area contributed by atoms with Gasteiger partial charge in [0.1, 0.15) is 22.9 Å². The topological polar surface area (TPSA) is 93.0 Å². The maximum Gasteiger partial charge on any atom is 0.260 e. The number of para-hydroxylation sites is 1. The molecule has 4 N–H and O–H groups in total. The number of anilines is 3. The second kappa shape index (κ2) is 11.3. The average Bonchev–Trinajstić information content (AvgIpc) is 2.87. The summed E-state index contributed by atoms with van der Waals surface area (Å²) in [5, 5.41) is 33.9. The lowest BCUT2D eigenvalue weighted by atomic mass is 9.93. The van der Waals surface area contributed by atoms with Crippen molar-refractivity contribution in [1.29, 1.82) is 0 Å². The van der Waals surface area contributed by atoms with Gasteiger partial charge >= 0.3 is 0 Å². The average molecular weight is 467 g/mol. The lowest BCUT2D eigenvalue weighted by Crippen LogP contribution is -2.32. The number of amides is 1. The minimum Gasteiger partial charge on any atom is -0.508 e. The highest BCUT2D eigenvalue weighted by molar-refractivity contribution is 6.15. The number of phenolic OH excluding ortho intramolecular Hbond substituents is 3. The quantitative estimate of drug-likeness (QED) is 0.170. The summed E-state index contributed by atoms with van der Waals surface area (Å²) in [6.07, 6.45) is 8.89. The van der Waals surface area contributed by atoms with Crippen LogP contribution in [0, 0.1) is 11.8 Å². The van der Waals surface area contributed by atoms with Crippen LogP contribution in [0.5, 0.6) is 17.2 Å². The summed E-state index contributed by atoms with van der Waals surface area (Å²) < 4.78 is 0. The monoisotopic (exact) mass is 466 g/mol. The largest absolute Gasteiger partial charge is 0.508 e. The number of hydrogen-bond acceptors (Lipinski definition) is 5. The minimum atomic E-state index is -0.276. The Morgan fingerprint density at radius 2 is 1.68 bits per heavy atom. The Kier molecular flexibility index (Phi) is 8.48. The molecule has 0 aliphatic carbocycles. The molecule has 0 bridgehead atoms. The lowest BCUT2D eigenvalue weighted by Gasteiger charge is -2.25.